The summed E-state index contributed by atoms with van der Waals surface area (Å²) in [6.45, 7) is 0.978. The molecule has 0 aliphatic carbocycles. The van der Waals surface area contributed by atoms with Crippen molar-refractivity contribution in [3.8, 4) is 0 Å². The van der Waals surface area contributed by atoms with E-state index < -0.39 is 4.92 Å². The number of amides is 1. The molecule has 18 heavy (non-hydrogen) atoms. The highest BCUT2D eigenvalue weighted by Gasteiger charge is 2.23. The number of rotatable bonds is 2. The maximum atomic E-state index is 12.1. The number of hydrogen-bond donors (Lipinski definition) is 1. The Morgan fingerprint density at radius 1 is 1.39 bits per heavy atom. The van der Waals surface area contributed by atoms with Gasteiger partial charge in [0, 0.05) is 30.8 Å². The van der Waals surface area contributed by atoms with E-state index >= 15 is 0 Å². The first-order chi connectivity index (χ1) is 8.58. The van der Waals surface area contributed by atoms with E-state index in [9.17, 15) is 20.0 Å². The van der Waals surface area contributed by atoms with Gasteiger partial charge in [-0.25, -0.2) is 0 Å². The van der Waals surface area contributed by atoms with Crippen LogP contribution < -0.4 is 0 Å². The molecule has 1 amide bonds. The third-order valence-electron chi connectivity index (χ3n) is 3.06. The number of piperidine rings is 1. The molecule has 1 saturated heterocycles. The summed E-state index contributed by atoms with van der Waals surface area (Å²) in [5.74, 6) is -0.217. The smallest absolute Gasteiger partial charge is 0.270 e. The first-order valence-electron chi connectivity index (χ1n) is 5.80. The molecule has 96 valence electrons. The van der Waals surface area contributed by atoms with Crippen LogP contribution in [0.2, 0.25) is 0 Å². The Labute approximate surface area is 104 Å². The van der Waals surface area contributed by atoms with Crippen molar-refractivity contribution in [3.05, 3.63) is 39.9 Å². The van der Waals surface area contributed by atoms with Crippen LogP contribution in [-0.2, 0) is 0 Å². The second-order valence-corrected chi connectivity index (χ2v) is 4.33. The molecule has 1 heterocycles. The number of carbonyl (C=O) groups excluding carboxylic acids is 1. The van der Waals surface area contributed by atoms with E-state index in [2.05, 4.69) is 0 Å². The fourth-order valence-corrected chi connectivity index (χ4v) is 2.00. The second-order valence-electron chi connectivity index (χ2n) is 4.33. The van der Waals surface area contributed by atoms with Crippen LogP contribution in [0.5, 0.6) is 0 Å². The molecule has 0 saturated carbocycles. The van der Waals surface area contributed by atoms with Crippen molar-refractivity contribution in [2.45, 2.75) is 18.9 Å². The number of carbonyl (C=O) groups is 1. The molecule has 0 spiro atoms. The minimum atomic E-state index is -0.517. The van der Waals surface area contributed by atoms with Crippen molar-refractivity contribution in [1.29, 1.82) is 0 Å². The zero-order chi connectivity index (χ0) is 13.1. The van der Waals surface area contributed by atoms with Crippen LogP contribution in [0.3, 0.4) is 0 Å². The first-order valence-corrected chi connectivity index (χ1v) is 5.80. The number of nitro groups is 1. The summed E-state index contributed by atoms with van der Waals surface area (Å²) < 4.78 is 0. The van der Waals surface area contributed by atoms with E-state index in [0.29, 0.717) is 31.5 Å². The summed E-state index contributed by atoms with van der Waals surface area (Å²) in [5.41, 5.74) is 0.235. The van der Waals surface area contributed by atoms with E-state index in [-0.39, 0.29) is 17.7 Å². The number of benzene rings is 1. The normalized spacial score (nSPS) is 16.6. The lowest BCUT2D eigenvalue weighted by molar-refractivity contribution is -0.384. The second kappa shape index (κ2) is 5.14. The minimum absolute atomic E-state index is 0.0853. The quantitative estimate of drug-likeness (QED) is 0.631. The van der Waals surface area contributed by atoms with Crippen LogP contribution >= 0.6 is 0 Å². The van der Waals surface area contributed by atoms with Crippen LogP contribution in [0.15, 0.2) is 24.3 Å². The maximum Gasteiger partial charge on any atom is 0.270 e. The molecule has 6 heteroatoms. The van der Waals surface area contributed by atoms with E-state index in [4.69, 9.17) is 0 Å². The van der Waals surface area contributed by atoms with Crippen LogP contribution in [0.1, 0.15) is 23.2 Å². The number of likely N-dealkylation sites (tertiary alicyclic amines) is 1. The first kappa shape index (κ1) is 12.5. The van der Waals surface area contributed by atoms with Crippen molar-refractivity contribution in [2.24, 2.45) is 0 Å². The molecule has 0 bridgehead atoms. The third kappa shape index (κ3) is 2.65. The minimum Gasteiger partial charge on any atom is -0.393 e. The SMILES string of the molecule is O=C(c1cccc([N+](=O)[O-])c1)N1CCC(O)CC1. The van der Waals surface area contributed by atoms with Gasteiger partial charge in [-0.15, -0.1) is 0 Å². The number of nitro benzene ring substituents is 1. The average molecular weight is 250 g/mol. The van der Waals surface area contributed by atoms with Crippen molar-refractivity contribution in [1.82, 2.24) is 4.90 Å². The van der Waals surface area contributed by atoms with E-state index in [0.717, 1.165) is 0 Å². The molecule has 0 radical (unpaired) electrons. The van der Waals surface area contributed by atoms with Gasteiger partial charge in [-0.2, -0.15) is 0 Å². The van der Waals surface area contributed by atoms with E-state index in [1.54, 1.807) is 11.0 Å². The molecular weight excluding hydrogens is 236 g/mol. The largest absolute Gasteiger partial charge is 0.393 e. The Hall–Kier alpha value is -1.95. The van der Waals surface area contributed by atoms with Crippen LogP contribution in [0.4, 0.5) is 5.69 Å². The molecule has 1 aliphatic heterocycles. The Kier molecular flexibility index (Phi) is 3.57. The third-order valence-corrected chi connectivity index (χ3v) is 3.06. The van der Waals surface area contributed by atoms with Gasteiger partial charge in [-0.3, -0.25) is 14.9 Å². The van der Waals surface area contributed by atoms with Gasteiger partial charge < -0.3 is 10.0 Å². The van der Waals surface area contributed by atoms with Gasteiger partial charge >= 0.3 is 0 Å². The van der Waals surface area contributed by atoms with Crippen LogP contribution in [-0.4, -0.2) is 40.0 Å². The monoisotopic (exact) mass is 250 g/mol. The predicted octanol–water partition coefficient (Wildman–Crippen LogP) is 1.19. The molecule has 6 nitrogen and oxygen atoms in total. The predicted molar refractivity (Wildman–Crippen MR) is 64.2 cm³/mol. The highest BCUT2D eigenvalue weighted by atomic mass is 16.6. The van der Waals surface area contributed by atoms with Gasteiger partial charge in [0.2, 0.25) is 0 Å². The molecule has 0 aromatic heterocycles. The van der Waals surface area contributed by atoms with Gasteiger partial charge in [0.1, 0.15) is 0 Å². The molecule has 1 aromatic carbocycles. The number of aliphatic hydroxyl groups is 1. The van der Waals surface area contributed by atoms with Gasteiger partial charge in [-0.05, 0) is 18.9 Å². The lowest BCUT2D eigenvalue weighted by Gasteiger charge is -2.29. The van der Waals surface area contributed by atoms with E-state index in [1.807, 2.05) is 0 Å². The van der Waals surface area contributed by atoms with Crippen LogP contribution in [0, 0.1) is 10.1 Å². The van der Waals surface area contributed by atoms with Gasteiger partial charge in [0.15, 0.2) is 0 Å². The van der Waals surface area contributed by atoms with Gasteiger partial charge in [-0.1, -0.05) is 6.07 Å². The summed E-state index contributed by atoms with van der Waals surface area (Å²) in [7, 11) is 0. The average Bonchev–Trinajstić information content (AvgIpc) is 2.39. The highest BCUT2D eigenvalue weighted by molar-refractivity contribution is 5.94. The number of nitrogens with zero attached hydrogens (tertiary/aromatic N) is 2. The molecule has 1 fully saturated rings. The number of aliphatic hydroxyl groups excluding tert-OH is 1. The maximum absolute atomic E-state index is 12.1. The fraction of sp³-hybridized carbons (Fsp3) is 0.417. The Morgan fingerprint density at radius 3 is 2.67 bits per heavy atom. The topological polar surface area (TPSA) is 83.7 Å². The summed E-state index contributed by atoms with van der Waals surface area (Å²) in [4.78, 5) is 23.8. The molecular formula is C12H14N2O4. The Balaban J connectivity index is 2.13. The van der Waals surface area contributed by atoms with Crippen molar-refractivity contribution in [2.75, 3.05) is 13.1 Å². The summed E-state index contributed by atoms with van der Waals surface area (Å²) >= 11 is 0. The zero-order valence-corrected chi connectivity index (χ0v) is 9.78. The molecule has 2 rings (SSSR count). The van der Waals surface area contributed by atoms with Crippen LogP contribution in [0.25, 0.3) is 0 Å². The van der Waals surface area contributed by atoms with Crippen molar-refractivity contribution < 1.29 is 14.8 Å². The van der Waals surface area contributed by atoms with Gasteiger partial charge in [0.05, 0.1) is 11.0 Å². The van der Waals surface area contributed by atoms with Crippen molar-refractivity contribution in [3.63, 3.8) is 0 Å². The molecule has 1 aliphatic rings. The lowest BCUT2D eigenvalue weighted by Crippen LogP contribution is -2.40. The Bertz CT molecular complexity index is 467. The van der Waals surface area contributed by atoms with Crippen molar-refractivity contribution >= 4 is 11.6 Å². The summed E-state index contributed by atoms with van der Waals surface area (Å²) in [6, 6.07) is 5.72. The summed E-state index contributed by atoms with van der Waals surface area (Å²) in [5, 5.41) is 20.0. The molecule has 1 aromatic rings. The van der Waals surface area contributed by atoms with E-state index in [1.165, 1.54) is 18.2 Å². The summed E-state index contributed by atoms with van der Waals surface area (Å²) in [6.07, 6.45) is 0.764. The molecule has 1 N–H and O–H groups in total. The zero-order valence-electron chi connectivity index (χ0n) is 9.78. The fourth-order valence-electron chi connectivity index (χ4n) is 2.00. The molecule has 0 unspecified atom stereocenters. The molecule has 0 atom stereocenters. The highest BCUT2D eigenvalue weighted by Crippen LogP contribution is 2.17. The Morgan fingerprint density at radius 2 is 2.06 bits per heavy atom. The van der Waals surface area contributed by atoms with Gasteiger partial charge in [0.25, 0.3) is 11.6 Å². The lowest BCUT2D eigenvalue weighted by atomic mass is 10.1. The standard InChI is InChI=1S/C12H14N2O4/c15-11-4-6-13(7-5-11)12(16)9-2-1-3-10(8-9)14(17)18/h1-3,8,11,15H,4-7H2. The number of non-ortho nitro benzene ring substituents is 1. The number of hydrogen-bond acceptors (Lipinski definition) is 4.